The highest BCUT2D eigenvalue weighted by molar-refractivity contribution is 9.10. The quantitative estimate of drug-likeness (QED) is 0.879. The second-order valence-corrected chi connectivity index (χ2v) is 5.88. The van der Waals surface area contributed by atoms with E-state index in [0.29, 0.717) is 12.2 Å². The fraction of sp³-hybridized carbons (Fsp3) is 0.154. The van der Waals surface area contributed by atoms with Gasteiger partial charge in [0.15, 0.2) is 0 Å². The topological polar surface area (TPSA) is 48.0 Å². The maximum Gasteiger partial charge on any atom is 0.250 e. The number of nitrogen functional groups attached to an aromatic ring is 1. The summed E-state index contributed by atoms with van der Waals surface area (Å²) in [6, 6.07) is 11.2. The van der Waals surface area contributed by atoms with Crippen molar-refractivity contribution in [3.05, 3.63) is 57.4 Å². The van der Waals surface area contributed by atoms with Crippen LogP contribution in [0, 0.1) is 0 Å². The second-order valence-electron chi connectivity index (χ2n) is 3.80. The molecule has 2 N–H and O–H groups in total. The zero-order valence-corrected chi connectivity index (χ0v) is 12.1. The monoisotopic (exact) mass is 324 g/mol. The van der Waals surface area contributed by atoms with Gasteiger partial charge in [-0.15, -0.1) is 11.8 Å². The Morgan fingerprint density at radius 3 is 2.89 bits per heavy atom. The molecule has 0 atom stereocenters. The van der Waals surface area contributed by atoms with E-state index in [4.69, 9.17) is 5.73 Å². The van der Waals surface area contributed by atoms with Crippen LogP contribution in [0.1, 0.15) is 0 Å². The summed E-state index contributed by atoms with van der Waals surface area (Å²) in [5.74, 6) is 0.833. The third kappa shape index (κ3) is 3.65. The molecule has 1 heterocycles. The molecule has 0 spiro atoms. The minimum atomic E-state index is -0.0148. The molecule has 0 aliphatic heterocycles. The predicted octanol–water partition coefficient (Wildman–Crippen LogP) is 2.99. The zero-order valence-electron chi connectivity index (χ0n) is 9.67. The molecule has 0 amide bonds. The van der Waals surface area contributed by atoms with Crippen molar-refractivity contribution in [2.24, 2.45) is 0 Å². The van der Waals surface area contributed by atoms with Crippen molar-refractivity contribution >= 4 is 33.4 Å². The van der Waals surface area contributed by atoms with Crippen LogP contribution in [0.3, 0.4) is 0 Å². The average molecular weight is 325 g/mol. The van der Waals surface area contributed by atoms with Crippen LogP contribution in [-0.4, -0.2) is 10.3 Å². The van der Waals surface area contributed by atoms with E-state index in [1.54, 1.807) is 28.6 Å². The molecule has 0 saturated carbocycles. The van der Waals surface area contributed by atoms with E-state index in [2.05, 4.69) is 28.1 Å². The molecule has 0 aliphatic rings. The molecule has 0 saturated heterocycles. The van der Waals surface area contributed by atoms with Crippen LogP contribution in [0.5, 0.6) is 0 Å². The molecule has 0 radical (unpaired) electrons. The van der Waals surface area contributed by atoms with E-state index in [1.165, 1.54) is 11.0 Å². The molecule has 18 heavy (non-hydrogen) atoms. The summed E-state index contributed by atoms with van der Waals surface area (Å²) in [4.78, 5) is 12.7. The Bertz CT molecular complexity index is 598. The van der Waals surface area contributed by atoms with E-state index < -0.39 is 0 Å². The smallest absolute Gasteiger partial charge is 0.250 e. The van der Waals surface area contributed by atoms with E-state index in [0.717, 1.165) is 10.2 Å². The first kappa shape index (κ1) is 13.2. The summed E-state index contributed by atoms with van der Waals surface area (Å²) in [6.45, 7) is 0.654. The van der Waals surface area contributed by atoms with Gasteiger partial charge < -0.3 is 10.3 Å². The highest BCUT2D eigenvalue weighted by atomic mass is 79.9. The van der Waals surface area contributed by atoms with Crippen LogP contribution in [0.4, 0.5) is 5.69 Å². The molecule has 1 aromatic carbocycles. The Labute approximate surface area is 118 Å². The third-order valence-electron chi connectivity index (χ3n) is 2.40. The number of rotatable bonds is 4. The summed E-state index contributed by atoms with van der Waals surface area (Å²) in [5.41, 5.74) is 6.26. The van der Waals surface area contributed by atoms with Crippen LogP contribution in [0.15, 0.2) is 56.8 Å². The van der Waals surface area contributed by atoms with Crippen LogP contribution in [0.2, 0.25) is 0 Å². The van der Waals surface area contributed by atoms with Crippen molar-refractivity contribution in [2.45, 2.75) is 11.4 Å². The Morgan fingerprint density at radius 1 is 1.28 bits per heavy atom. The summed E-state index contributed by atoms with van der Waals surface area (Å²) in [5, 5.41) is 0. The number of hydrogen-bond donors (Lipinski definition) is 1. The standard InChI is InChI=1S/C13H13BrN2OS/c14-10-2-1-3-12(8-10)18-7-6-16-9-11(15)4-5-13(16)17/h1-5,8-9H,6-7,15H2. The summed E-state index contributed by atoms with van der Waals surface area (Å²) >= 11 is 5.15. The van der Waals surface area contributed by atoms with Gasteiger partial charge in [0.2, 0.25) is 0 Å². The second kappa shape index (κ2) is 6.11. The lowest BCUT2D eigenvalue weighted by molar-refractivity contribution is 0.737. The average Bonchev–Trinajstić information content (AvgIpc) is 2.34. The van der Waals surface area contributed by atoms with E-state index >= 15 is 0 Å². The fourth-order valence-corrected chi connectivity index (χ4v) is 3.00. The van der Waals surface area contributed by atoms with E-state index in [-0.39, 0.29) is 5.56 Å². The van der Waals surface area contributed by atoms with E-state index in [1.807, 2.05) is 12.1 Å². The highest BCUT2D eigenvalue weighted by Crippen LogP contribution is 2.21. The first-order chi connectivity index (χ1) is 8.65. The molecule has 0 fully saturated rings. The molecular formula is C13H13BrN2OS. The van der Waals surface area contributed by atoms with Gasteiger partial charge in [-0.2, -0.15) is 0 Å². The zero-order chi connectivity index (χ0) is 13.0. The number of halogens is 1. The fourth-order valence-electron chi connectivity index (χ4n) is 1.54. The summed E-state index contributed by atoms with van der Waals surface area (Å²) < 4.78 is 2.70. The Balaban J connectivity index is 1.96. The molecule has 94 valence electrons. The molecule has 0 aliphatic carbocycles. The molecule has 0 unspecified atom stereocenters. The van der Waals surface area contributed by atoms with Gasteiger partial charge in [-0.05, 0) is 24.3 Å². The number of thioether (sulfide) groups is 1. The predicted molar refractivity (Wildman–Crippen MR) is 80.0 cm³/mol. The number of aryl methyl sites for hydroxylation is 1. The first-order valence-corrected chi connectivity index (χ1v) is 7.27. The van der Waals surface area contributed by atoms with Crippen molar-refractivity contribution in [3.63, 3.8) is 0 Å². The Kier molecular flexibility index (Phi) is 4.49. The first-order valence-electron chi connectivity index (χ1n) is 5.49. The van der Waals surface area contributed by atoms with Crippen LogP contribution in [-0.2, 0) is 6.54 Å². The van der Waals surface area contributed by atoms with Gasteiger partial charge in [0.05, 0.1) is 0 Å². The lowest BCUT2D eigenvalue weighted by atomic mass is 10.4. The van der Waals surface area contributed by atoms with Crippen LogP contribution in [0.25, 0.3) is 0 Å². The molecule has 2 rings (SSSR count). The van der Waals surface area contributed by atoms with Crippen molar-refractivity contribution in [2.75, 3.05) is 11.5 Å². The van der Waals surface area contributed by atoms with Crippen molar-refractivity contribution in [3.8, 4) is 0 Å². The number of nitrogens with zero attached hydrogens (tertiary/aromatic N) is 1. The lowest BCUT2D eigenvalue weighted by Crippen LogP contribution is -2.19. The number of aromatic nitrogens is 1. The van der Waals surface area contributed by atoms with Gasteiger partial charge in [0.1, 0.15) is 0 Å². The summed E-state index contributed by atoms with van der Waals surface area (Å²) in [6.07, 6.45) is 1.68. The number of benzene rings is 1. The number of hydrogen-bond acceptors (Lipinski definition) is 3. The van der Waals surface area contributed by atoms with Crippen LogP contribution >= 0.6 is 27.7 Å². The van der Waals surface area contributed by atoms with Crippen LogP contribution < -0.4 is 11.3 Å². The van der Waals surface area contributed by atoms with Crippen molar-refractivity contribution in [1.29, 1.82) is 0 Å². The Hall–Kier alpha value is -1.20. The SMILES string of the molecule is Nc1ccc(=O)n(CCSc2cccc(Br)c2)c1. The minimum Gasteiger partial charge on any atom is -0.398 e. The lowest BCUT2D eigenvalue weighted by Gasteiger charge is -2.06. The summed E-state index contributed by atoms with van der Waals surface area (Å²) in [7, 11) is 0. The molecule has 2 aromatic rings. The van der Waals surface area contributed by atoms with Crippen molar-refractivity contribution in [1.82, 2.24) is 4.57 Å². The van der Waals surface area contributed by atoms with Gasteiger partial charge in [-0.1, -0.05) is 22.0 Å². The Morgan fingerprint density at radius 2 is 2.11 bits per heavy atom. The molecule has 3 nitrogen and oxygen atoms in total. The van der Waals surface area contributed by atoms with Gasteiger partial charge in [0.25, 0.3) is 5.56 Å². The van der Waals surface area contributed by atoms with Gasteiger partial charge in [0, 0.05) is 39.6 Å². The third-order valence-corrected chi connectivity index (χ3v) is 3.87. The molecule has 1 aromatic heterocycles. The number of pyridine rings is 1. The van der Waals surface area contributed by atoms with Gasteiger partial charge in [-0.25, -0.2) is 0 Å². The largest absolute Gasteiger partial charge is 0.398 e. The van der Waals surface area contributed by atoms with Crippen molar-refractivity contribution < 1.29 is 0 Å². The molecule has 5 heteroatoms. The van der Waals surface area contributed by atoms with Gasteiger partial charge >= 0.3 is 0 Å². The normalized spacial score (nSPS) is 10.5. The maximum atomic E-state index is 11.6. The molecular weight excluding hydrogens is 312 g/mol. The molecule has 0 bridgehead atoms. The number of nitrogens with two attached hydrogens (primary N) is 1. The minimum absolute atomic E-state index is 0.0148. The highest BCUT2D eigenvalue weighted by Gasteiger charge is 1.98. The van der Waals surface area contributed by atoms with Gasteiger partial charge in [-0.3, -0.25) is 4.79 Å². The number of anilines is 1. The maximum absolute atomic E-state index is 11.6. The van der Waals surface area contributed by atoms with E-state index in [9.17, 15) is 4.79 Å².